The molecular weight excluding hydrogens is 506 g/mol. The first-order valence-electron chi connectivity index (χ1n) is 11.8. The van der Waals surface area contributed by atoms with Gasteiger partial charge in [0.25, 0.3) is 0 Å². The van der Waals surface area contributed by atoms with Crippen LogP contribution in [0.15, 0.2) is 78.9 Å². The monoisotopic (exact) mass is 531 g/mol. The molecule has 36 heavy (non-hydrogen) atoms. The van der Waals surface area contributed by atoms with Gasteiger partial charge in [0, 0.05) is 23.5 Å². The molecule has 0 unspecified atom stereocenters. The van der Waals surface area contributed by atoms with Gasteiger partial charge in [0.05, 0.1) is 16.6 Å². The number of fused-ring (bicyclic) bond motifs is 2. The number of halogens is 1. The first-order chi connectivity index (χ1) is 17.1. The van der Waals surface area contributed by atoms with E-state index >= 15 is 0 Å². The van der Waals surface area contributed by atoms with E-state index in [-0.39, 0.29) is 18.3 Å². The van der Waals surface area contributed by atoms with E-state index in [9.17, 15) is 4.79 Å². The molecule has 1 aliphatic heterocycles. The number of anilines is 1. The molecule has 1 N–H and O–H groups in total. The number of rotatable bonds is 5. The van der Waals surface area contributed by atoms with Crippen molar-refractivity contribution in [3.05, 3.63) is 94.9 Å². The van der Waals surface area contributed by atoms with Crippen molar-refractivity contribution in [2.75, 3.05) is 18.9 Å². The summed E-state index contributed by atoms with van der Waals surface area (Å²) in [7, 11) is 2.15. The van der Waals surface area contributed by atoms with Gasteiger partial charge in [-0.3, -0.25) is 4.79 Å². The summed E-state index contributed by atoms with van der Waals surface area (Å²) in [5.41, 5.74) is 6.81. The van der Waals surface area contributed by atoms with Crippen LogP contribution in [0.2, 0.25) is 0 Å². The number of carbonyl (C=O) groups is 1. The van der Waals surface area contributed by atoms with E-state index in [4.69, 9.17) is 4.98 Å². The Hall–Kier alpha value is -3.03. The van der Waals surface area contributed by atoms with Crippen molar-refractivity contribution >= 4 is 56.2 Å². The fourth-order valence-corrected chi connectivity index (χ4v) is 7.08. The second-order valence-corrected chi connectivity index (χ2v) is 11.1. The van der Waals surface area contributed by atoms with Gasteiger partial charge in [-0.25, -0.2) is 4.98 Å². The van der Waals surface area contributed by atoms with Crippen LogP contribution in [0, 0.1) is 0 Å². The smallest absolute Gasteiger partial charge is 0.229 e. The summed E-state index contributed by atoms with van der Waals surface area (Å²) in [5.74, 6) is 0.00627. The van der Waals surface area contributed by atoms with Crippen LogP contribution in [-0.4, -0.2) is 29.4 Å². The minimum Gasteiger partial charge on any atom is -0.317 e. The van der Waals surface area contributed by atoms with E-state index in [1.54, 1.807) is 22.7 Å². The van der Waals surface area contributed by atoms with Crippen LogP contribution in [0.25, 0.3) is 31.9 Å². The Balaban J connectivity index is 0.00000267. The maximum atomic E-state index is 13.1. The number of aromatic nitrogens is 1. The minimum absolute atomic E-state index is 0. The molecule has 0 fully saturated rings. The van der Waals surface area contributed by atoms with Crippen molar-refractivity contribution in [1.29, 1.82) is 0 Å². The molecular formula is C29H26ClN3OS2. The molecule has 3 heterocycles. The number of benzene rings is 3. The number of para-hydroxylation sites is 1. The van der Waals surface area contributed by atoms with Crippen molar-refractivity contribution in [2.45, 2.75) is 19.4 Å². The van der Waals surface area contributed by atoms with Gasteiger partial charge in [-0.1, -0.05) is 66.7 Å². The molecule has 0 aliphatic carbocycles. The average molecular weight is 532 g/mol. The summed E-state index contributed by atoms with van der Waals surface area (Å²) >= 11 is 3.41. The number of hydrogen-bond acceptors (Lipinski definition) is 5. The minimum atomic E-state index is 0. The normalized spacial score (nSPS) is 13.2. The largest absolute Gasteiger partial charge is 0.317 e. The van der Waals surface area contributed by atoms with Crippen LogP contribution in [0.5, 0.6) is 0 Å². The second kappa shape index (κ2) is 10.5. The summed E-state index contributed by atoms with van der Waals surface area (Å²) in [4.78, 5) is 21.7. The van der Waals surface area contributed by atoms with Crippen molar-refractivity contribution in [3.63, 3.8) is 0 Å². The molecule has 0 radical (unpaired) electrons. The highest BCUT2D eigenvalue weighted by molar-refractivity contribution is 7.22. The Labute approximate surface area is 225 Å². The maximum Gasteiger partial charge on any atom is 0.229 e. The number of carbonyl (C=O) groups excluding carboxylic acids is 1. The molecule has 5 aromatic rings. The zero-order valence-electron chi connectivity index (χ0n) is 19.9. The molecule has 4 nitrogen and oxygen atoms in total. The van der Waals surface area contributed by atoms with Gasteiger partial charge in [0.2, 0.25) is 5.91 Å². The highest BCUT2D eigenvalue weighted by atomic mass is 35.5. The Bertz CT molecular complexity index is 1480. The van der Waals surface area contributed by atoms with Crippen LogP contribution in [0.4, 0.5) is 5.00 Å². The quantitative estimate of drug-likeness (QED) is 0.259. The third-order valence-corrected chi connectivity index (χ3v) is 8.62. The van der Waals surface area contributed by atoms with Crippen molar-refractivity contribution in [3.8, 4) is 21.7 Å². The van der Waals surface area contributed by atoms with Gasteiger partial charge in [0.15, 0.2) is 0 Å². The van der Waals surface area contributed by atoms with E-state index in [0.29, 0.717) is 6.42 Å². The highest BCUT2D eigenvalue weighted by Crippen LogP contribution is 2.45. The van der Waals surface area contributed by atoms with Crippen LogP contribution in [0.3, 0.4) is 0 Å². The molecule has 0 bridgehead atoms. The molecule has 0 atom stereocenters. The van der Waals surface area contributed by atoms with Crippen LogP contribution >= 0.6 is 35.1 Å². The van der Waals surface area contributed by atoms with Gasteiger partial charge in [-0.05, 0) is 47.9 Å². The second-order valence-electron chi connectivity index (χ2n) is 8.97. The zero-order chi connectivity index (χ0) is 23.8. The summed E-state index contributed by atoms with van der Waals surface area (Å²) in [6.07, 6.45) is 1.32. The summed E-state index contributed by atoms with van der Waals surface area (Å²) < 4.78 is 1.17. The Kier molecular flexibility index (Phi) is 7.21. The predicted octanol–water partition coefficient (Wildman–Crippen LogP) is 7.28. The maximum absolute atomic E-state index is 13.1. The molecule has 0 saturated carbocycles. The lowest BCUT2D eigenvalue weighted by molar-refractivity contribution is -0.115. The molecule has 0 spiro atoms. The third-order valence-electron chi connectivity index (χ3n) is 6.43. The molecule has 1 amide bonds. The van der Waals surface area contributed by atoms with Crippen LogP contribution in [0.1, 0.15) is 16.0 Å². The van der Waals surface area contributed by atoms with E-state index in [1.807, 2.05) is 42.5 Å². The average Bonchev–Trinajstić information content (AvgIpc) is 3.45. The van der Waals surface area contributed by atoms with E-state index < -0.39 is 0 Å². The molecule has 3 aromatic carbocycles. The Morgan fingerprint density at radius 3 is 2.44 bits per heavy atom. The number of amides is 1. The first kappa shape index (κ1) is 24.7. The SMILES string of the molecule is CN1CCc2c(sc(NC(=O)Cc3ccc(-c4ccccc4)cc3)c2-c2nc3ccccc3s2)C1.Cl. The Morgan fingerprint density at radius 1 is 0.944 bits per heavy atom. The summed E-state index contributed by atoms with van der Waals surface area (Å²) in [6, 6.07) is 26.8. The van der Waals surface area contributed by atoms with Crippen molar-refractivity contribution in [1.82, 2.24) is 9.88 Å². The summed E-state index contributed by atoms with van der Waals surface area (Å²) in [6.45, 7) is 1.93. The predicted molar refractivity (Wildman–Crippen MR) is 154 cm³/mol. The lowest BCUT2D eigenvalue weighted by Gasteiger charge is -2.22. The molecule has 2 aromatic heterocycles. The lowest BCUT2D eigenvalue weighted by Crippen LogP contribution is -2.25. The fourth-order valence-electron chi connectivity index (χ4n) is 4.63. The number of thiazole rings is 1. The van der Waals surface area contributed by atoms with Crippen LogP contribution in [-0.2, 0) is 24.2 Å². The molecule has 7 heteroatoms. The topological polar surface area (TPSA) is 45.2 Å². The highest BCUT2D eigenvalue weighted by Gasteiger charge is 2.26. The van der Waals surface area contributed by atoms with Crippen molar-refractivity contribution in [2.24, 2.45) is 0 Å². The van der Waals surface area contributed by atoms with Crippen LogP contribution < -0.4 is 5.32 Å². The molecule has 182 valence electrons. The van der Waals surface area contributed by atoms with Crippen molar-refractivity contribution < 1.29 is 4.79 Å². The Morgan fingerprint density at radius 2 is 1.67 bits per heavy atom. The first-order valence-corrected chi connectivity index (χ1v) is 13.4. The molecule has 0 saturated heterocycles. The third kappa shape index (κ3) is 4.95. The standard InChI is InChI=1S/C29H25N3OS2.ClH/c1-32-16-15-22-25(18-32)35-29(27(22)28-30-23-9-5-6-10-24(23)34-28)31-26(33)17-19-11-13-21(14-12-19)20-7-3-2-4-8-20;/h2-14H,15-18H2,1H3,(H,31,33);1H. The molecule has 1 aliphatic rings. The van der Waals surface area contributed by atoms with E-state index in [2.05, 4.69) is 53.7 Å². The number of thiophene rings is 1. The fraction of sp³-hybridized carbons (Fsp3) is 0.172. The number of likely N-dealkylation sites (N-methyl/N-ethyl adjacent to an activating group) is 1. The van der Waals surface area contributed by atoms with Gasteiger partial charge in [-0.15, -0.1) is 35.1 Å². The summed E-state index contributed by atoms with van der Waals surface area (Å²) in [5, 5.41) is 5.17. The number of hydrogen-bond donors (Lipinski definition) is 1. The molecule has 6 rings (SSSR count). The lowest BCUT2D eigenvalue weighted by atomic mass is 10.0. The van der Waals surface area contributed by atoms with Gasteiger partial charge in [0.1, 0.15) is 10.0 Å². The van der Waals surface area contributed by atoms with Gasteiger partial charge in [-0.2, -0.15) is 0 Å². The zero-order valence-corrected chi connectivity index (χ0v) is 22.3. The van der Waals surface area contributed by atoms with E-state index in [0.717, 1.165) is 51.7 Å². The van der Waals surface area contributed by atoms with Gasteiger partial charge < -0.3 is 10.2 Å². The van der Waals surface area contributed by atoms with Gasteiger partial charge >= 0.3 is 0 Å². The number of nitrogens with one attached hydrogen (secondary N) is 1. The van der Waals surface area contributed by atoms with E-state index in [1.165, 1.54) is 20.7 Å². The number of nitrogens with zero attached hydrogens (tertiary/aromatic N) is 2.